The van der Waals surface area contributed by atoms with Gasteiger partial charge in [0.25, 0.3) is 5.91 Å². The fourth-order valence-electron chi connectivity index (χ4n) is 1.72. The molecule has 0 fully saturated rings. The zero-order valence-corrected chi connectivity index (χ0v) is 16.1. The first-order valence-corrected chi connectivity index (χ1v) is 9.03. The molecule has 0 aliphatic carbocycles. The van der Waals surface area contributed by atoms with Gasteiger partial charge in [-0.05, 0) is 20.3 Å². The summed E-state index contributed by atoms with van der Waals surface area (Å²) in [6.07, 6.45) is -0.00878. The van der Waals surface area contributed by atoms with Crippen LogP contribution in [0.1, 0.15) is 36.4 Å². The number of carbonyl (C=O) groups is 3. The molecular weight excluding hydrogens is 401 g/mol. The van der Waals surface area contributed by atoms with Gasteiger partial charge < -0.3 is 14.8 Å². The molecule has 0 spiro atoms. The Hall–Kier alpha value is -1.02. The summed E-state index contributed by atoms with van der Waals surface area (Å²) in [6.45, 7) is 3.69. The first-order chi connectivity index (χ1) is 11.3. The van der Waals surface area contributed by atoms with Crippen molar-refractivity contribution in [3.8, 4) is 0 Å². The highest BCUT2D eigenvalue weighted by Crippen LogP contribution is 2.40. The summed E-state index contributed by atoms with van der Waals surface area (Å²) >= 11 is 18.5. The Kier molecular flexibility index (Phi) is 8.83. The van der Waals surface area contributed by atoms with E-state index in [9.17, 15) is 14.4 Å². The minimum Gasteiger partial charge on any atom is -0.466 e. The first kappa shape index (κ1) is 21.0. The lowest BCUT2D eigenvalue weighted by atomic mass is 10.1. The topological polar surface area (TPSA) is 81.7 Å². The Labute approximate surface area is 158 Å². The van der Waals surface area contributed by atoms with Crippen molar-refractivity contribution in [3.05, 3.63) is 19.3 Å². The largest absolute Gasteiger partial charge is 0.466 e. The molecule has 0 aliphatic rings. The van der Waals surface area contributed by atoms with Gasteiger partial charge in [-0.2, -0.15) is 0 Å². The zero-order valence-electron chi connectivity index (χ0n) is 13.0. The van der Waals surface area contributed by atoms with E-state index in [-0.39, 0.29) is 45.3 Å². The van der Waals surface area contributed by atoms with Crippen molar-refractivity contribution in [2.45, 2.75) is 32.7 Å². The third-order valence-electron chi connectivity index (χ3n) is 2.78. The van der Waals surface area contributed by atoms with E-state index >= 15 is 0 Å². The lowest BCUT2D eigenvalue weighted by molar-refractivity contribution is -0.146. The van der Waals surface area contributed by atoms with Crippen LogP contribution in [0.2, 0.25) is 14.4 Å². The molecular formula is C14H16Cl3NO5S. The van der Waals surface area contributed by atoms with Crippen LogP contribution in [0.25, 0.3) is 0 Å². The van der Waals surface area contributed by atoms with Crippen LogP contribution in [0, 0.1) is 0 Å². The van der Waals surface area contributed by atoms with E-state index in [1.807, 2.05) is 0 Å². The third-order valence-corrected chi connectivity index (χ3v) is 5.35. The first-order valence-electron chi connectivity index (χ1n) is 7.08. The normalized spacial score (nSPS) is 11.7. The summed E-state index contributed by atoms with van der Waals surface area (Å²) in [7, 11) is 0. The number of nitrogens with one attached hydrogen (secondary N) is 1. The summed E-state index contributed by atoms with van der Waals surface area (Å²) in [6, 6.07) is -1.02. The number of amides is 1. The van der Waals surface area contributed by atoms with Gasteiger partial charge in [-0.3, -0.25) is 9.59 Å². The van der Waals surface area contributed by atoms with Gasteiger partial charge in [0.05, 0.1) is 23.3 Å². The number of hydrogen-bond acceptors (Lipinski definition) is 6. The summed E-state index contributed by atoms with van der Waals surface area (Å²) in [5.41, 5.74) is 0. The molecule has 1 amide bonds. The maximum atomic E-state index is 12.3. The van der Waals surface area contributed by atoms with Gasteiger partial charge in [0, 0.05) is 6.42 Å². The summed E-state index contributed by atoms with van der Waals surface area (Å²) < 4.78 is 9.88. The SMILES string of the molecule is CCOC(=O)CC[C@H](NC(=O)c1sc(Cl)c(Cl)c1Cl)C(=O)OCC. The standard InChI is InChI=1S/C14H16Cl3NO5S/c1-3-22-8(19)6-5-7(14(21)23-4-2)18-13(20)11-9(15)10(16)12(17)24-11/h7H,3-6H2,1-2H3,(H,18,20)/t7-/m0/s1. The van der Waals surface area contributed by atoms with Crippen molar-refractivity contribution >= 4 is 64.0 Å². The van der Waals surface area contributed by atoms with Gasteiger partial charge in [0.15, 0.2) is 0 Å². The molecule has 1 heterocycles. The number of halogens is 3. The van der Waals surface area contributed by atoms with Crippen LogP contribution < -0.4 is 5.32 Å². The molecule has 1 atom stereocenters. The van der Waals surface area contributed by atoms with Gasteiger partial charge in [0.2, 0.25) is 0 Å². The summed E-state index contributed by atoms with van der Waals surface area (Å²) in [4.78, 5) is 35.8. The van der Waals surface area contributed by atoms with Crippen LogP contribution in [0.4, 0.5) is 0 Å². The van der Waals surface area contributed by atoms with Gasteiger partial charge in [-0.1, -0.05) is 34.8 Å². The fraction of sp³-hybridized carbons (Fsp3) is 0.500. The van der Waals surface area contributed by atoms with E-state index in [4.69, 9.17) is 44.3 Å². The van der Waals surface area contributed by atoms with Crippen LogP contribution in [-0.4, -0.2) is 37.1 Å². The summed E-state index contributed by atoms with van der Waals surface area (Å²) in [5.74, 6) is -1.75. The lowest BCUT2D eigenvalue weighted by Gasteiger charge is -2.16. The quantitative estimate of drug-likeness (QED) is 0.653. The van der Waals surface area contributed by atoms with E-state index in [1.54, 1.807) is 13.8 Å². The van der Waals surface area contributed by atoms with Gasteiger partial charge in [-0.25, -0.2) is 4.79 Å². The molecule has 0 aromatic carbocycles. The molecule has 10 heteroatoms. The zero-order chi connectivity index (χ0) is 18.3. The van der Waals surface area contributed by atoms with Crippen LogP contribution in [-0.2, 0) is 19.1 Å². The number of thiophene rings is 1. The maximum absolute atomic E-state index is 12.3. The number of esters is 2. The number of rotatable bonds is 8. The molecule has 24 heavy (non-hydrogen) atoms. The van der Waals surface area contributed by atoms with Gasteiger partial charge in [0.1, 0.15) is 15.3 Å². The Morgan fingerprint density at radius 2 is 1.71 bits per heavy atom. The molecule has 0 unspecified atom stereocenters. The minimum absolute atomic E-state index is 0.0113. The van der Waals surface area contributed by atoms with Crippen molar-refractivity contribution in [3.63, 3.8) is 0 Å². The van der Waals surface area contributed by atoms with Crippen LogP contribution in [0.5, 0.6) is 0 Å². The number of ether oxygens (including phenoxy) is 2. The second-order valence-electron chi connectivity index (χ2n) is 4.45. The van der Waals surface area contributed by atoms with Crippen molar-refractivity contribution in [1.82, 2.24) is 5.32 Å². The third kappa shape index (κ3) is 5.81. The highest BCUT2D eigenvalue weighted by molar-refractivity contribution is 7.19. The van der Waals surface area contributed by atoms with Crippen molar-refractivity contribution < 1.29 is 23.9 Å². The highest BCUT2D eigenvalue weighted by atomic mass is 35.5. The lowest BCUT2D eigenvalue weighted by Crippen LogP contribution is -2.42. The number of hydrogen-bond donors (Lipinski definition) is 1. The number of carbonyl (C=O) groups excluding carboxylic acids is 3. The van der Waals surface area contributed by atoms with Crippen molar-refractivity contribution in [2.75, 3.05) is 13.2 Å². The van der Waals surface area contributed by atoms with E-state index < -0.39 is 23.9 Å². The van der Waals surface area contributed by atoms with E-state index in [0.717, 1.165) is 11.3 Å². The van der Waals surface area contributed by atoms with Crippen LogP contribution in [0.3, 0.4) is 0 Å². The molecule has 0 saturated carbocycles. The fourth-order valence-corrected chi connectivity index (χ4v) is 3.43. The Balaban J connectivity index is 2.83. The molecule has 0 saturated heterocycles. The van der Waals surface area contributed by atoms with Gasteiger partial charge in [-0.15, -0.1) is 11.3 Å². The van der Waals surface area contributed by atoms with E-state index in [1.165, 1.54) is 0 Å². The monoisotopic (exact) mass is 415 g/mol. The van der Waals surface area contributed by atoms with E-state index in [0.29, 0.717) is 0 Å². The molecule has 0 radical (unpaired) electrons. The predicted octanol–water partition coefficient (Wildman–Crippen LogP) is 3.71. The smallest absolute Gasteiger partial charge is 0.328 e. The predicted molar refractivity (Wildman–Crippen MR) is 93.1 cm³/mol. The van der Waals surface area contributed by atoms with Crippen molar-refractivity contribution in [1.29, 1.82) is 0 Å². The highest BCUT2D eigenvalue weighted by Gasteiger charge is 2.27. The van der Waals surface area contributed by atoms with Gasteiger partial charge >= 0.3 is 11.9 Å². The average Bonchev–Trinajstić information content (AvgIpc) is 2.79. The van der Waals surface area contributed by atoms with Crippen molar-refractivity contribution in [2.24, 2.45) is 0 Å². The Morgan fingerprint density at radius 3 is 2.21 bits per heavy atom. The Bertz CT molecular complexity index is 620. The second-order valence-corrected chi connectivity index (χ2v) is 6.83. The average molecular weight is 417 g/mol. The summed E-state index contributed by atoms with van der Waals surface area (Å²) in [5, 5.41) is 2.57. The molecule has 6 nitrogen and oxygen atoms in total. The molecule has 1 aromatic rings. The Morgan fingerprint density at radius 1 is 1.08 bits per heavy atom. The second kappa shape index (κ2) is 10.1. The molecule has 1 rings (SSSR count). The molecule has 134 valence electrons. The van der Waals surface area contributed by atoms with Crippen LogP contribution in [0.15, 0.2) is 0 Å². The minimum atomic E-state index is -1.02. The van der Waals surface area contributed by atoms with Crippen LogP contribution >= 0.6 is 46.1 Å². The molecule has 0 bridgehead atoms. The molecule has 0 aliphatic heterocycles. The molecule has 1 aromatic heterocycles. The maximum Gasteiger partial charge on any atom is 0.328 e. The molecule has 1 N–H and O–H groups in total. The van der Waals surface area contributed by atoms with E-state index in [2.05, 4.69) is 5.32 Å².